The fourth-order valence-corrected chi connectivity index (χ4v) is 4.61. The molecule has 0 radical (unpaired) electrons. The zero-order chi connectivity index (χ0) is 14.9. The zero-order valence-corrected chi connectivity index (χ0v) is 13.6. The largest absolute Gasteiger partial charge is 0.299 e. The van der Waals surface area contributed by atoms with E-state index in [1.54, 1.807) is 0 Å². The fraction of sp³-hybridized carbons (Fsp3) is 0.600. The summed E-state index contributed by atoms with van der Waals surface area (Å²) >= 11 is 0. The van der Waals surface area contributed by atoms with E-state index in [1.807, 2.05) is 6.07 Å². The van der Waals surface area contributed by atoms with Crippen LogP contribution >= 0.6 is 10.7 Å². The molecule has 1 spiro atoms. The maximum atomic E-state index is 11.4. The van der Waals surface area contributed by atoms with Gasteiger partial charge in [-0.3, -0.25) is 4.90 Å². The van der Waals surface area contributed by atoms with Gasteiger partial charge < -0.3 is 0 Å². The molecule has 0 saturated carbocycles. The Balaban J connectivity index is 1.56. The molecule has 21 heavy (non-hydrogen) atoms. The molecule has 4 nitrogen and oxygen atoms in total. The molecule has 0 aliphatic carbocycles. The minimum Gasteiger partial charge on any atom is -0.299 e. The van der Waals surface area contributed by atoms with Gasteiger partial charge in [-0.2, -0.15) is 12.7 Å². The Bertz CT molecular complexity index is 583. The molecule has 2 aliphatic rings. The van der Waals surface area contributed by atoms with Crippen molar-refractivity contribution < 1.29 is 8.42 Å². The van der Waals surface area contributed by atoms with Gasteiger partial charge in [0.25, 0.3) is 9.24 Å². The lowest BCUT2D eigenvalue weighted by Crippen LogP contribution is -2.41. The van der Waals surface area contributed by atoms with Gasteiger partial charge in [-0.25, -0.2) is 0 Å². The van der Waals surface area contributed by atoms with Crippen molar-refractivity contribution in [3.05, 3.63) is 35.9 Å². The van der Waals surface area contributed by atoms with Gasteiger partial charge in [0, 0.05) is 30.3 Å². The molecule has 116 valence electrons. The molecule has 6 heteroatoms. The Morgan fingerprint density at radius 2 is 1.67 bits per heavy atom. The molecular formula is C15H21ClN2O2S. The number of halogens is 1. The number of likely N-dealkylation sites (tertiary alicyclic amines) is 1. The lowest BCUT2D eigenvalue weighted by molar-refractivity contribution is 0.109. The van der Waals surface area contributed by atoms with Gasteiger partial charge in [0.2, 0.25) is 0 Å². The SMILES string of the molecule is O=S(=O)(Cl)N1CCC2(CCN(Cc3ccccc3)CC2)C1. The second-order valence-electron chi connectivity index (χ2n) is 6.29. The van der Waals surface area contributed by atoms with Crippen molar-refractivity contribution in [1.29, 1.82) is 0 Å². The fourth-order valence-electron chi connectivity index (χ4n) is 3.52. The highest BCUT2D eigenvalue weighted by molar-refractivity contribution is 8.11. The number of hydrogen-bond acceptors (Lipinski definition) is 3. The second kappa shape index (κ2) is 5.88. The topological polar surface area (TPSA) is 40.6 Å². The first-order valence-electron chi connectivity index (χ1n) is 7.43. The molecule has 1 aromatic carbocycles. The van der Waals surface area contributed by atoms with Gasteiger partial charge in [0.15, 0.2) is 0 Å². The summed E-state index contributed by atoms with van der Waals surface area (Å²) in [5.41, 5.74) is 1.49. The monoisotopic (exact) mass is 328 g/mol. The van der Waals surface area contributed by atoms with Crippen LogP contribution in [0.25, 0.3) is 0 Å². The Labute approximate surface area is 131 Å². The van der Waals surface area contributed by atoms with E-state index < -0.39 is 9.24 Å². The number of rotatable bonds is 3. The van der Waals surface area contributed by atoms with E-state index in [1.165, 1.54) is 9.87 Å². The number of nitrogens with zero attached hydrogens (tertiary/aromatic N) is 2. The molecule has 2 aliphatic heterocycles. The quantitative estimate of drug-likeness (QED) is 0.800. The van der Waals surface area contributed by atoms with Crippen molar-refractivity contribution in [2.24, 2.45) is 5.41 Å². The zero-order valence-electron chi connectivity index (χ0n) is 12.0. The third-order valence-corrected chi connectivity index (χ3v) is 6.39. The summed E-state index contributed by atoms with van der Waals surface area (Å²) in [5, 5.41) is 0. The maximum Gasteiger partial charge on any atom is 0.299 e. The van der Waals surface area contributed by atoms with E-state index in [0.717, 1.165) is 38.9 Å². The van der Waals surface area contributed by atoms with Crippen LogP contribution in [0, 0.1) is 5.41 Å². The minimum absolute atomic E-state index is 0.148. The standard InChI is InChI=1S/C15H21ClN2O2S/c16-21(19,20)18-11-8-15(13-18)6-9-17(10-7-15)12-14-4-2-1-3-5-14/h1-5H,6-13H2. The van der Waals surface area contributed by atoms with Crippen molar-refractivity contribution in [3.63, 3.8) is 0 Å². The maximum absolute atomic E-state index is 11.4. The van der Waals surface area contributed by atoms with Crippen LogP contribution in [-0.2, 0) is 15.8 Å². The van der Waals surface area contributed by atoms with Crippen LogP contribution in [0.3, 0.4) is 0 Å². The summed E-state index contributed by atoms with van der Waals surface area (Å²) in [6.45, 7) is 4.22. The Hall–Kier alpha value is -0.620. The molecule has 0 amide bonds. The summed E-state index contributed by atoms with van der Waals surface area (Å²) in [6.07, 6.45) is 3.06. The molecule has 0 bridgehead atoms. The van der Waals surface area contributed by atoms with Gasteiger partial charge >= 0.3 is 0 Å². The summed E-state index contributed by atoms with van der Waals surface area (Å²) in [5.74, 6) is 0. The van der Waals surface area contributed by atoms with Gasteiger partial charge in [0.05, 0.1) is 0 Å². The first kappa shape index (κ1) is 15.3. The van der Waals surface area contributed by atoms with Gasteiger partial charge in [-0.05, 0) is 43.3 Å². The molecule has 0 N–H and O–H groups in total. The van der Waals surface area contributed by atoms with E-state index in [0.29, 0.717) is 13.1 Å². The van der Waals surface area contributed by atoms with Crippen molar-refractivity contribution in [3.8, 4) is 0 Å². The Morgan fingerprint density at radius 3 is 2.24 bits per heavy atom. The van der Waals surface area contributed by atoms with E-state index in [4.69, 9.17) is 10.7 Å². The summed E-state index contributed by atoms with van der Waals surface area (Å²) in [6, 6.07) is 10.5. The predicted octanol–water partition coefficient (Wildman–Crippen LogP) is 2.46. The highest BCUT2D eigenvalue weighted by atomic mass is 35.7. The van der Waals surface area contributed by atoms with Crippen LogP contribution in [0.15, 0.2) is 30.3 Å². The molecule has 0 aromatic heterocycles. The lowest BCUT2D eigenvalue weighted by atomic mass is 9.78. The van der Waals surface area contributed by atoms with Gasteiger partial charge in [0.1, 0.15) is 0 Å². The van der Waals surface area contributed by atoms with Crippen molar-refractivity contribution in [2.75, 3.05) is 26.2 Å². The van der Waals surface area contributed by atoms with E-state index >= 15 is 0 Å². The molecule has 2 fully saturated rings. The van der Waals surface area contributed by atoms with E-state index in [2.05, 4.69) is 29.2 Å². The molecule has 1 aromatic rings. The lowest BCUT2D eigenvalue weighted by Gasteiger charge is -2.39. The molecule has 2 saturated heterocycles. The summed E-state index contributed by atoms with van der Waals surface area (Å²) < 4.78 is 24.3. The molecule has 2 heterocycles. The van der Waals surface area contributed by atoms with E-state index in [-0.39, 0.29) is 5.41 Å². The first-order valence-corrected chi connectivity index (χ1v) is 9.70. The van der Waals surface area contributed by atoms with Crippen LogP contribution < -0.4 is 0 Å². The summed E-state index contributed by atoms with van der Waals surface area (Å²) in [7, 11) is 1.92. The highest BCUT2D eigenvalue weighted by Gasteiger charge is 2.43. The second-order valence-corrected chi connectivity index (χ2v) is 8.80. The van der Waals surface area contributed by atoms with Gasteiger partial charge in [-0.15, -0.1) is 0 Å². The normalized spacial score (nSPS) is 23.7. The molecule has 0 atom stereocenters. The Kier molecular flexibility index (Phi) is 4.28. The van der Waals surface area contributed by atoms with E-state index in [9.17, 15) is 8.42 Å². The summed E-state index contributed by atoms with van der Waals surface area (Å²) in [4.78, 5) is 2.46. The number of piperidine rings is 1. The molecule has 0 unspecified atom stereocenters. The highest BCUT2D eigenvalue weighted by Crippen LogP contribution is 2.41. The van der Waals surface area contributed by atoms with Crippen molar-refractivity contribution >= 4 is 19.9 Å². The smallest absolute Gasteiger partial charge is 0.299 e. The van der Waals surface area contributed by atoms with Crippen LogP contribution in [0.1, 0.15) is 24.8 Å². The number of hydrogen-bond donors (Lipinski definition) is 0. The predicted molar refractivity (Wildman–Crippen MR) is 84.3 cm³/mol. The van der Waals surface area contributed by atoms with Crippen molar-refractivity contribution in [1.82, 2.24) is 9.21 Å². The van der Waals surface area contributed by atoms with Crippen LogP contribution in [0.4, 0.5) is 0 Å². The minimum atomic E-state index is -3.55. The first-order chi connectivity index (χ1) is 9.97. The Morgan fingerprint density at radius 1 is 1.05 bits per heavy atom. The number of benzene rings is 1. The van der Waals surface area contributed by atoms with Gasteiger partial charge in [-0.1, -0.05) is 30.3 Å². The third kappa shape index (κ3) is 3.59. The third-order valence-electron chi connectivity index (χ3n) is 4.88. The molecular weight excluding hydrogens is 308 g/mol. The average molecular weight is 329 g/mol. The van der Waals surface area contributed by atoms with Crippen molar-refractivity contribution in [2.45, 2.75) is 25.8 Å². The average Bonchev–Trinajstić information content (AvgIpc) is 2.87. The van der Waals surface area contributed by atoms with Crippen LogP contribution in [-0.4, -0.2) is 43.8 Å². The van der Waals surface area contributed by atoms with Crippen LogP contribution in [0.5, 0.6) is 0 Å². The van der Waals surface area contributed by atoms with Crippen LogP contribution in [0.2, 0.25) is 0 Å². The molecule has 3 rings (SSSR count).